The zero-order chi connectivity index (χ0) is 14.2. The fourth-order valence-electron chi connectivity index (χ4n) is 2.38. The molecule has 3 nitrogen and oxygen atoms in total. The predicted octanol–water partition coefficient (Wildman–Crippen LogP) is 3.75. The molecule has 0 aliphatic heterocycles. The maximum atomic E-state index is 11.6. The summed E-state index contributed by atoms with van der Waals surface area (Å²) in [6, 6.07) is 19.9. The van der Waals surface area contributed by atoms with Crippen LogP contribution in [0.1, 0.15) is 0 Å². The molecule has 0 unspecified atom stereocenters. The van der Waals surface area contributed by atoms with Crippen molar-refractivity contribution in [1.29, 1.82) is 0 Å². The van der Waals surface area contributed by atoms with E-state index in [2.05, 4.69) is 0 Å². The van der Waals surface area contributed by atoms with Gasteiger partial charge in [0.15, 0.2) is 0 Å². The molecule has 0 fully saturated rings. The smallest absolute Gasteiger partial charge is 0.282 e. The zero-order valence-corrected chi connectivity index (χ0v) is 11.3. The molecule has 0 aliphatic rings. The summed E-state index contributed by atoms with van der Waals surface area (Å²) in [6.07, 6.45) is 0. The van der Waals surface area contributed by atoms with Gasteiger partial charge in [-0.1, -0.05) is 60.7 Å². The average molecular weight is 284 g/mol. The molecule has 4 heteroatoms. The Hall–Kier alpha value is -2.17. The summed E-state index contributed by atoms with van der Waals surface area (Å²) in [7, 11) is -4.26. The minimum Gasteiger partial charge on any atom is -0.282 e. The number of hydrogen-bond acceptors (Lipinski definition) is 2. The van der Waals surface area contributed by atoms with Crippen LogP contribution >= 0.6 is 0 Å². The van der Waals surface area contributed by atoms with Crippen molar-refractivity contribution in [3.63, 3.8) is 0 Å². The number of rotatable bonds is 2. The highest BCUT2D eigenvalue weighted by molar-refractivity contribution is 7.86. The Morgan fingerprint density at radius 2 is 1.40 bits per heavy atom. The van der Waals surface area contributed by atoms with Crippen molar-refractivity contribution in [2.24, 2.45) is 0 Å². The van der Waals surface area contributed by atoms with Gasteiger partial charge >= 0.3 is 0 Å². The third-order valence-electron chi connectivity index (χ3n) is 3.23. The summed E-state index contributed by atoms with van der Waals surface area (Å²) >= 11 is 0. The monoisotopic (exact) mass is 284 g/mol. The van der Waals surface area contributed by atoms with Crippen LogP contribution < -0.4 is 0 Å². The molecule has 3 aromatic carbocycles. The lowest BCUT2D eigenvalue weighted by molar-refractivity contribution is 0.484. The molecule has 100 valence electrons. The Labute approximate surface area is 117 Å². The molecular formula is C16H12O3S. The fraction of sp³-hybridized carbons (Fsp3) is 0. The first-order chi connectivity index (χ1) is 9.57. The molecule has 1 N–H and O–H groups in total. The molecule has 0 bridgehead atoms. The zero-order valence-electron chi connectivity index (χ0n) is 10.5. The van der Waals surface area contributed by atoms with Gasteiger partial charge in [0.1, 0.15) is 4.90 Å². The third-order valence-corrected chi connectivity index (χ3v) is 4.13. The molecule has 20 heavy (non-hydrogen) atoms. The Balaban J connectivity index is 2.45. The molecule has 0 radical (unpaired) electrons. The second kappa shape index (κ2) is 4.74. The SMILES string of the molecule is O=S(=O)(O)c1cccc2cccc(-c3ccccc3)c12. The second-order valence-corrected chi connectivity index (χ2v) is 5.89. The van der Waals surface area contributed by atoms with Crippen molar-refractivity contribution in [2.45, 2.75) is 4.90 Å². The molecular weight excluding hydrogens is 272 g/mol. The van der Waals surface area contributed by atoms with Crippen LogP contribution in [0.4, 0.5) is 0 Å². The maximum Gasteiger partial charge on any atom is 0.295 e. The van der Waals surface area contributed by atoms with Crippen molar-refractivity contribution in [1.82, 2.24) is 0 Å². The van der Waals surface area contributed by atoms with Crippen molar-refractivity contribution in [3.8, 4) is 11.1 Å². The summed E-state index contributed by atoms with van der Waals surface area (Å²) in [5.41, 5.74) is 1.70. The Morgan fingerprint density at radius 3 is 2.05 bits per heavy atom. The van der Waals surface area contributed by atoms with E-state index in [0.717, 1.165) is 16.5 Å². The van der Waals surface area contributed by atoms with Crippen LogP contribution in [-0.4, -0.2) is 13.0 Å². The van der Waals surface area contributed by atoms with E-state index in [9.17, 15) is 13.0 Å². The Morgan fingerprint density at radius 1 is 0.750 bits per heavy atom. The van der Waals surface area contributed by atoms with Gasteiger partial charge in [0, 0.05) is 5.39 Å². The number of hydrogen-bond donors (Lipinski definition) is 1. The first-order valence-corrected chi connectivity index (χ1v) is 7.56. The minimum atomic E-state index is -4.26. The molecule has 0 spiro atoms. The number of fused-ring (bicyclic) bond motifs is 1. The largest absolute Gasteiger partial charge is 0.295 e. The molecule has 0 aliphatic carbocycles. The van der Waals surface area contributed by atoms with E-state index in [4.69, 9.17) is 0 Å². The van der Waals surface area contributed by atoms with Crippen molar-refractivity contribution >= 4 is 20.9 Å². The first kappa shape index (κ1) is 12.8. The van der Waals surface area contributed by atoms with E-state index in [1.54, 1.807) is 6.07 Å². The molecule has 0 heterocycles. The molecule has 3 rings (SSSR count). The maximum absolute atomic E-state index is 11.6. The van der Waals surface area contributed by atoms with Crippen LogP contribution in [0.25, 0.3) is 21.9 Å². The van der Waals surface area contributed by atoms with Crippen LogP contribution in [0.15, 0.2) is 71.6 Å². The van der Waals surface area contributed by atoms with Gasteiger partial charge in [0.2, 0.25) is 0 Å². The topological polar surface area (TPSA) is 54.4 Å². The molecule has 0 saturated carbocycles. The molecule has 3 aromatic rings. The van der Waals surface area contributed by atoms with Crippen LogP contribution in [0, 0.1) is 0 Å². The summed E-state index contributed by atoms with van der Waals surface area (Å²) in [5, 5.41) is 1.32. The van der Waals surface area contributed by atoms with Crippen molar-refractivity contribution in [3.05, 3.63) is 66.7 Å². The lowest BCUT2D eigenvalue weighted by atomic mass is 9.98. The van der Waals surface area contributed by atoms with Gasteiger partial charge in [-0.15, -0.1) is 0 Å². The van der Waals surface area contributed by atoms with Gasteiger partial charge in [-0.2, -0.15) is 8.42 Å². The van der Waals surface area contributed by atoms with E-state index in [1.165, 1.54) is 6.07 Å². The normalized spacial score (nSPS) is 11.7. The van der Waals surface area contributed by atoms with Gasteiger partial charge in [0.25, 0.3) is 10.1 Å². The van der Waals surface area contributed by atoms with Gasteiger partial charge in [-0.05, 0) is 22.6 Å². The fourth-order valence-corrected chi connectivity index (χ4v) is 3.12. The Kier molecular flexibility index (Phi) is 3.04. The van der Waals surface area contributed by atoms with E-state index in [0.29, 0.717) is 5.39 Å². The second-order valence-electron chi connectivity index (χ2n) is 4.50. The standard InChI is InChI=1S/C16H12O3S/c17-20(18,19)15-11-5-9-13-8-4-10-14(16(13)15)12-6-2-1-3-7-12/h1-11H,(H,17,18,19). The van der Waals surface area contributed by atoms with E-state index < -0.39 is 10.1 Å². The summed E-state index contributed by atoms with van der Waals surface area (Å²) in [4.78, 5) is -0.0607. The van der Waals surface area contributed by atoms with Crippen LogP contribution in [0.5, 0.6) is 0 Å². The summed E-state index contributed by atoms with van der Waals surface area (Å²) in [5.74, 6) is 0. The summed E-state index contributed by atoms with van der Waals surface area (Å²) < 4.78 is 32.6. The van der Waals surface area contributed by atoms with Gasteiger partial charge in [-0.25, -0.2) is 0 Å². The van der Waals surface area contributed by atoms with E-state index in [1.807, 2.05) is 54.6 Å². The first-order valence-electron chi connectivity index (χ1n) is 6.12. The molecule has 0 atom stereocenters. The van der Waals surface area contributed by atoms with Crippen molar-refractivity contribution < 1.29 is 13.0 Å². The number of benzene rings is 3. The summed E-state index contributed by atoms with van der Waals surface area (Å²) in [6.45, 7) is 0. The van der Waals surface area contributed by atoms with E-state index in [-0.39, 0.29) is 4.90 Å². The highest BCUT2D eigenvalue weighted by Gasteiger charge is 2.16. The van der Waals surface area contributed by atoms with Gasteiger partial charge in [0.05, 0.1) is 0 Å². The predicted molar refractivity (Wildman–Crippen MR) is 79.2 cm³/mol. The van der Waals surface area contributed by atoms with E-state index >= 15 is 0 Å². The van der Waals surface area contributed by atoms with Crippen molar-refractivity contribution in [2.75, 3.05) is 0 Å². The quantitative estimate of drug-likeness (QED) is 0.729. The molecule has 0 saturated heterocycles. The van der Waals surface area contributed by atoms with Gasteiger partial charge < -0.3 is 0 Å². The van der Waals surface area contributed by atoms with Crippen LogP contribution in [0.3, 0.4) is 0 Å². The highest BCUT2D eigenvalue weighted by atomic mass is 32.2. The highest BCUT2D eigenvalue weighted by Crippen LogP contribution is 2.33. The Bertz CT molecular complexity index is 863. The van der Waals surface area contributed by atoms with Crippen LogP contribution in [0.2, 0.25) is 0 Å². The molecule has 0 aromatic heterocycles. The van der Waals surface area contributed by atoms with Crippen LogP contribution in [-0.2, 0) is 10.1 Å². The van der Waals surface area contributed by atoms with Gasteiger partial charge in [-0.3, -0.25) is 4.55 Å². The lowest BCUT2D eigenvalue weighted by Gasteiger charge is -2.10. The average Bonchev–Trinajstić information content (AvgIpc) is 2.46. The molecule has 0 amide bonds. The third kappa shape index (κ3) is 2.19. The lowest BCUT2D eigenvalue weighted by Crippen LogP contribution is -1.99. The minimum absolute atomic E-state index is 0.0607.